The number of hydrogen-bond donors (Lipinski definition) is 1. The number of nitrogen functional groups attached to an aromatic ring is 1. The summed E-state index contributed by atoms with van der Waals surface area (Å²) in [6, 6.07) is 11.1. The maximum atomic E-state index is 6.14. The minimum absolute atomic E-state index is 0.607. The summed E-state index contributed by atoms with van der Waals surface area (Å²) in [5.74, 6) is 0. The van der Waals surface area contributed by atoms with Gasteiger partial charge in [-0.05, 0) is 30.3 Å². The second kappa shape index (κ2) is 4.43. The number of rotatable bonds is 1. The molecule has 0 aliphatic carbocycles. The highest BCUT2D eigenvalue weighted by atomic mass is 35.5. The van der Waals surface area contributed by atoms with Gasteiger partial charge in [0.15, 0.2) is 0 Å². The van der Waals surface area contributed by atoms with Gasteiger partial charge in [0, 0.05) is 16.3 Å². The van der Waals surface area contributed by atoms with E-state index in [1.165, 1.54) is 11.3 Å². The van der Waals surface area contributed by atoms with E-state index in [0.29, 0.717) is 15.7 Å². The van der Waals surface area contributed by atoms with Gasteiger partial charge in [0.1, 0.15) is 5.01 Å². The average molecular weight is 295 g/mol. The molecule has 1 aromatic heterocycles. The molecule has 0 aliphatic heterocycles. The van der Waals surface area contributed by atoms with Crippen molar-refractivity contribution in [2.24, 2.45) is 0 Å². The van der Waals surface area contributed by atoms with E-state index in [1.54, 1.807) is 6.07 Å². The molecule has 0 bridgehead atoms. The van der Waals surface area contributed by atoms with Crippen LogP contribution in [0.15, 0.2) is 36.4 Å². The van der Waals surface area contributed by atoms with Crippen molar-refractivity contribution in [3.05, 3.63) is 46.4 Å². The number of anilines is 1. The van der Waals surface area contributed by atoms with Crippen molar-refractivity contribution < 1.29 is 0 Å². The molecular formula is C13H8Cl2N2S. The minimum atomic E-state index is 0.607. The molecule has 90 valence electrons. The van der Waals surface area contributed by atoms with E-state index in [0.717, 1.165) is 20.8 Å². The zero-order valence-electron chi connectivity index (χ0n) is 9.15. The first kappa shape index (κ1) is 11.8. The number of thiazole rings is 1. The van der Waals surface area contributed by atoms with Gasteiger partial charge in [-0.15, -0.1) is 11.3 Å². The van der Waals surface area contributed by atoms with E-state index >= 15 is 0 Å². The van der Waals surface area contributed by atoms with E-state index in [2.05, 4.69) is 4.98 Å². The Morgan fingerprint density at radius 3 is 2.67 bits per heavy atom. The topological polar surface area (TPSA) is 38.9 Å². The Hall–Kier alpha value is -1.29. The third-order valence-electron chi connectivity index (χ3n) is 2.53. The lowest BCUT2D eigenvalue weighted by Gasteiger charge is -1.99. The van der Waals surface area contributed by atoms with Crippen molar-refractivity contribution in [1.82, 2.24) is 4.98 Å². The molecule has 0 unspecified atom stereocenters. The Morgan fingerprint density at radius 1 is 1.11 bits per heavy atom. The van der Waals surface area contributed by atoms with Crippen molar-refractivity contribution in [3.8, 4) is 10.6 Å². The second-order valence-corrected chi connectivity index (χ2v) is 5.72. The zero-order chi connectivity index (χ0) is 12.7. The third-order valence-corrected chi connectivity index (χ3v) is 4.33. The summed E-state index contributed by atoms with van der Waals surface area (Å²) >= 11 is 13.7. The van der Waals surface area contributed by atoms with Crippen LogP contribution >= 0.6 is 34.5 Å². The third kappa shape index (κ3) is 2.05. The molecule has 3 rings (SSSR count). The van der Waals surface area contributed by atoms with Crippen molar-refractivity contribution >= 4 is 50.4 Å². The van der Waals surface area contributed by atoms with Crippen LogP contribution in [0.1, 0.15) is 0 Å². The monoisotopic (exact) mass is 294 g/mol. The predicted octanol–water partition coefficient (Wildman–Crippen LogP) is 4.85. The highest BCUT2D eigenvalue weighted by molar-refractivity contribution is 7.22. The molecule has 2 nitrogen and oxygen atoms in total. The van der Waals surface area contributed by atoms with Gasteiger partial charge in [-0.2, -0.15) is 0 Å². The number of fused-ring (bicyclic) bond motifs is 1. The molecule has 5 heteroatoms. The molecule has 0 saturated carbocycles. The van der Waals surface area contributed by atoms with Gasteiger partial charge in [-0.3, -0.25) is 0 Å². The van der Waals surface area contributed by atoms with Gasteiger partial charge in [-0.25, -0.2) is 4.98 Å². The second-order valence-electron chi connectivity index (χ2n) is 3.88. The van der Waals surface area contributed by atoms with E-state index in [-0.39, 0.29) is 0 Å². The summed E-state index contributed by atoms with van der Waals surface area (Å²) in [5.41, 5.74) is 8.22. The molecule has 0 amide bonds. The number of benzene rings is 2. The molecule has 2 aromatic carbocycles. The number of halogens is 2. The number of nitrogens with zero attached hydrogens (tertiary/aromatic N) is 1. The number of hydrogen-bond acceptors (Lipinski definition) is 3. The van der Waals surface area contributed by atoms with Crippen molar-refractivity contribution in [1.29, 1.82) is 0 Å². The first-order valence-electron chi connectivity index (χ1n) is 5.25. The lowest BCUT2D eigenvalue weighted by molar-refractivity contribution is 1.48. The largest absolute Gasteiger partial charge is 0.399 e. The van der Waals surface area contributed by atoms with Gasteiger partial charge >= 0.3 is 0 Å². The highest BCUT2D eigenvalue weighted by Crippen LogP contribution is 2.35. The van der Waals surface area contributed by atoms with E-state index < -0.39 is 0 Å². The van der Waals surface area contributed by atoms with E-state index in [4.69, 9.17) is 28.9 Å². The van der Waals surface area contributed by atoms with Crippen LogP contribution in [0.5, 0.6) is 0 Å². The van der Waals surface area contributed by atoms with Crippen LogP contribution in [0.2, 0.25) is 10.0 Å². The molecule has 0 spiro atoms. The molecule has 2 N–H and O–H groups in total. The summed E-state index contributed by atoms with van der Waals surface area (Å²) < 4.78 is 0.979. The summed E-state index contributed by atoms with van der Waals surface area (Å²) in [6.07, 6.45) is 0. The molecule has 18 heavy (non-hydrogen) atoms. The van der Waals surface area contributed by atoms with Crippen LogP contribution in [0.3, 0.4) is 0 Å². The highest BCUT2D eigenvalue weighted by Gasteiger charge is 2.09. The molecule has 0 fully saturated rings. The SMILES string of the molecule is Nc1cc(Cl)cc(-c2nc3cccc(Cl)c3s2)c1. The molecule has 3 aromatic rings. The molecule has 0 saturated heterocycles. The Labute approximate surface area is 118 Å². The summed E-state index contributed by atoms with van der Waals surface area (Å²) in [4.78, 5) is 4.55. The van der Waals surface area contributed by atoms with Crippen LogP contribution in [0.25, 0.3) is 20.8 Å². The lowest BCUT2D eigenvalue weighted by atomic mass is 10.2. The first-order valence-corrected chi connectivity index (χ1v) is 6.82. The Balaban J connectivity index is 2.22. The Bertz CT molecular complexity index is 717. The van der Waals surface area contributed by atoms with Crippen LogP contribution in [-0.4, -0.2) is 4.98 Å². The average Bonchev–Trinajstić information content (AvgIpc) is 2.73. The van der Waals surface area contributed by atoms with Gasteiger partial charge in [0.05, 0.1) is 15.2 Å². The fraction of sp³-hybridized carbons (Fsp3) is 0. The van der Waals surface area contributed by atoms with Crippen molar-refractivity contribution in [2.45, 2.75) is 0 Å². The molecule has 0 aliphatic rings. The molecule has 0 radical (unpaired) electrons. The Kier molecular flexibility index (Phi) is 2.90. The summed E-state index contributed by atoms with van der Waals surface area (Å²) in [5, 5.41) is 2.19. The molecule has 1 heterocycles. The van der Waals surface area contributed by atoms with Gasteiger partial charge in [0.2, 0.25) is 0 Å². The smallest absolute Gasteiger partial charge is 0.124 e. The predicted molar refractivity (Wildman–Crippen MR) is 79.5 cm³/mol. The summed E-state index contributed by atoms with van der Waals surface area (Å²) in [6.45, 7) is 0. The van der Waals surface area contributed by atoms with Crippen LogP contribution < -0.4 is 5.73 Å². The first-order chi connectivity index (χ1) is 8.63. The fourth-order valence-corrected chi connectivity index (χ4v) is 3.26. The maximum absolute atomic E-state index is 6.14. The van der Waals surface area contributed by atoms with E-state index in [1.807, 2.05) is 30.3 Å². The number of nitrogens with two attached hydrogens (primary N) is 1. The summed E-state index contributed by atoms with van der Waals surface area (Å²) in [7, 11) is 0. The van der Waals surface area contributed by atoms with Gasteiger partial charge < -0.3 is 5.73 Å². The standard InChI is InChI=1S/C13H8Cl2N2S/c14-8-4-7(5-9(16)6-8)13-17-11-3-1-2-10(15)12(11)18-13/h1-6H,16H2. The maximum Gasteiger partial charge on any atom is 0.124 e. The quantitative estimate of drug-likeness (QED) is 0.652. The van der Waals surface area contributed by atoms with Crippen molar-refractivity contribution in [3.63, 3.8) is 0 Å². The molecular weight excluding hydrogens is 287 g/mol. The van der Waals surface area contributed by atoms with Crippen LogP contribution in [0.4, 0.5) is 5.69 Å². The van der Waals surface area contributed by atoms with Crippen molar-refractivity contribution in [2.75, 3.05) is 5.73 Å². The van der Waals surface area contributed by atoms with E-state index in [9.17, 15) is 0 Å². The normalized spacial score (nSPS) is 11.0. The number of aromatic nitrogens is 1. The lowest BCUT2D eigenvalue weighted by Crippen LogP contribution is -1.85. The van der Waals surface area contributed by atoms with Crippen LogP contribution in [0, 0.1) is 0 Å². The minimum Gasteiger partial charge on any atom is -0.399 e. The van der Waals surface area contributed by atoms with Gasteiger partial charge in [0.25, 0.3) is 0 Å². The fourth-order valence-electron chi connectivity index (χ4n) is 1.77. The zero-order valence-corrected chi connectivity index (χ0v) is 11.5. The van der Waals surface area contributed by atoms with Crippen LogP contribution in [-0.2, 0) is 0 Å². The Morgan fingerprint density at radius 2 is 1.94 bits per heavy atom. The van der Waals surface area contributed by atoms with Gasteiger partial charge in [-0.1, -0.05) is 29.3 Å². The molecule has 0 atom stereocenters.